The third-order valence-electron chi connectivity index (χ3n) is 20.6. The van der Waals surface area contributed by atoms with Gasteiger partial charge in [0, 0.05) is 74.9 Å². The molecule has 9 heterocycles. The van der Waals surface area contributed by atoms with E-state index in [9.17, 15) is 28.8 Å². The summed E-state index contributed by atoms with van der Waals surface area (Å²) in [5.74, 6) is 7.36. The maximum Gasteiger partial charge on any atom is 0.298 e. The molecule has 3 saturated carbocycles. The molecule has 0 atom stereocenters. The van der Waals surface area contributed by atoms with E-state index in [-0.39, 0.29) is 86.2 Å². The Bertz CT molecular complexity index is 4800. The largest absolute Gasteiger partial charge is 0.456 e. The molecule has 3 saturated heterocycles. The fourth-order valence-corrected chi connectivity index (χ4v) is 15.5. The van der Waals surface area contributed by atoms with Crippen LogP contribution in [-0.2, 0) is 14.4 Å². The molecule has 9 aromatic rings. The van der Waals surface area contributed by atoms with Crippen LogP contribution in [0.1, 0.15) is 120 Å². The zero-order valence-electron chi connectivity index (χ0n) is 57.5. The molecule has 27 heteroatoms. The summed E-state index contributed by atoms with van der Waals surface area (Å²) < 4.78 is 22.4. The number of nitrogen functional groups attached to an aromatic ring is 3. The van der Waals surface area contributed by atoms with Crippen LogP contribution in [0.5, 0.6) is 34.8 Å². The van der Waals surface area contributed by atoms with Crippen LogP contribution in [0.25, 0.3) is 33.9 Å². The molecule has 6 aromatic heterocycles. The normalized spacial score (nSPS) is 21.1. The maximum absolute atomic E-state index is 12.3. The molecule has 104 heavy (non-hydrogen) atoms. The molecule has 6 amide bonds. The number of para-hydroxylation sites is 3. The third kappa shape index (κ3) is 14.4. The highest BCUT2D eigenvalue weighted by Crippen LogP contribution is 2.57. The van der Waals surface area contributed by atoms with Gasteiger partial charge in [-0.3, -0.25) is 33.8 Å². The fraction of sp³-hybridized carbons (Fsp3) is 0.299. The first kappa shape index (κ1) is 69.9. The van der Waals surface area contributed by atoms with E-state index in [4.69, 9.17) is 48.6 Å². The summed E-state index contributed by atoms with van der Waals surface area (Å²) in [6.07, 6.45) is 16.3. The lowest BCUT2D eigenvalue weighted by Crippen LogP contribution is -2.52. The van der Waals surface area contributed by atoms with Crippen molar-refractivity contribution < 1.29 is 43.0 Å². The van der Waals surface area contributed by atoms with Crippen LogP contribution in [-0.4, -0.2) is 134 Å². The average Bonchev–Trinajstić information content (AvgIpc) is 1.52. The van der Waals surface area contributed by atoms with Crippen LogP contribution < -0.4 is 48.6 Å². The first-order valence-corrected chi connectivity index (χ1v) is 34.3. The Labute approximate surface area is 599 Å². The third-order valence-corrected chi connectivity index (χ3v) is 20.6. The second-order valence-electron chi connectivity index (χ2n) is 27.5. The number of primary amides is 3. The molecule has 12 N–H and O–H groups in total. The Morgan fingerprint density at radius 2 is 0.856 bits per heavy atom. The van der Waals surface area contributed by atoms with Crippen LogP contribution in [0.4, 0.5) is 17.5 Å². The quantitative estimate of drug-likeness (QED) is 0.0365. The van der Waals surface area contributed by atoms with E-state index in [1.165, 1.54) is 12.2 Å². The number of nitrogens with zero attached hydrogens (tertiary/aromatic N) is 12. The lowest BCUT2D eigenvalue weighted by atomic mass is 9.61. The highest BCUT2D eigenvalue weighted by atomic mass is 16.5. The van der Waals surface area contributed by atoms with E-state index >= 15 is 0 Å². The predicted octanol–water partition coefficient (Wildman–Crippen LogP) is 9.70. The number of benzene rings is 3. The van der Waals surface area contributed by atoms with Gasteiger partial charge in [-0.25, -0.2) is 24.0 Å². The number of amides is 6. The molecule has 27 nitrogen and oxygen atoms in total. The smallest absolute Gasteiger partial charge is 0.298 e. The van der Waals surface area contributed by atoms with E-state index in [2.05, 4.69) is 55.2 Å². The van der Waals surface area contributed by atoms with Crippen molar-refractivity contribution in [3.8, 4) is 80.5 Å². The second-order valence-corrected chi connectivity index (χ2v) is 27.5. The second kappa shape index (κ2) is 29.2. The van der Waals surface area contributed by atoms with Crippen molar-refractivity contribution in [2.75, 3.05) is 56.5 Å². The summed E-state index contributed by atoms with van der Waals surface area (Å²) in [5.41, 5.74) is 39.7. The summed E-state index contributed by atoms with van der Waals surface area (Å²) in [4.78, 5) is 91.7. The molecule has 3 aliphatic carbocycles. The summed E-state index contributed by atoms with van der Waals surface area (Å²) in [6.45, 7) is 13.1. The number of hydrogen-bond donors (Lipinski definition) is 6. The Morgan fingerprint density at radius 1 is 0.462 bits per heavy atom. The summed E-state index contributed by atoms with van der Waals surface area (Å²) in [7, 11) is 0. The number of piperidine rings is 1. The number of carbonyl (C=O) groups is 6. The Balaban J connectivity index is 0.000000139. The molecular weight excluding hydrogens is 1320 g/mol. The summed E-state index contributed by atoms with van der Waals surface area (Å²) >= 11 is 0. The molecule has 0 unspecified atom stereocenters. The van der Waals surface area contributed by atoms with Gasteiger partial charge in [-0.1, -0.05) is 73.7 Å². The SMILES string of the molecule is C=CC(=O)N1CCC2(CC(n3nc(-c4ccc(Oc5ccccc5)nc4)c(C(N)=O)c3N)C2)C1.C=CC(=O)N1CCCC2(CC(n3nc(-c4ccc(Oc5ccccc5)cn4)c(C(N)=O)c3N)C2)C1.CC#CC(=O)N1CCC2(CC(n3nc(-c4ccc(Oc5ccccc5)nc4)c(C(N)=O)c3N)C2)C1. The van der Waals surface area contributed by atoms with Gasteiger partial charge >= 0.3 is 0 Å². The van der Waals surface area contributed by atoms with E-state index < -0.39 is 17.7 Å². The van der Waals surface area contributed by atoms with Gasteiger partial charge in [0.05, 0.1) is 30.0 Å². The topological polar surface area (TPSA) is 388 Å². The molecule has 6 fully saturated rings. The molecular formula is C77H80N18O9. The van der Waals surface area contributed by atoms with Gasteiger partial charge in [-0.05, 0) is 166 Å². The summed E-state index contributed by atoms with van der Waals surface area (Å²) in [6, 6.07) is 38.7. The van der Waals surface area contributed by atoms with Gasteiger partial charge < -0.3 is 63.3 Å². The minimum absolute atomic E-state index is 0.0290. The van der Waals surface area contributed by atoms with Gasteiger partial charge in [0.1, 0.15) is 74.2 Å². The lowest BCUT2D eigenvalue weighted by Gasteiger charge is -2.52. The van der Waals surface area contributed by atoms with Gasteiger partial charge in [0.2, 0.25) is 23.6 Å². The van der Waals surface area contributed by atoms with E-state index in [1.807, 2.05) is 106 Å². The Hall–Kier alpha value is -12.6. The monoisotopic (exact) mass is 1400 g/mol. The number of anilines is 3. The van der Waals surface area contributed by atoms with Crippen LogP contribution in [0.2, 0.25) is 0 Å². The van der Waals surface area contributed by atoms with Crippen molar-refractivity contribution >= 4 is 52.9 Å². The molecule has 3 aromatic carbocycles. The molecule has 3 aliphatic heterocycles. The number of pyridine rings is 3. The highest BCUT2D eigenvalue weighted by molar-refractivity contribution is 6.05. The van der Waals surface area contributed by atoms with E-state index in [1.54, 1.807) is 76.0 Å². The van der Waals surface area contributed by atoms with Crippen molar-refractivity contribution in [1.82, 2.24) is 59.0 Å². The van der Waals surface area contributed by atoms with E-state index in [0.29, 0.717) is 94.8 Å². The molecule has 3 spiro atoms. The first-order chi connectivity index (χ1) is 50.2. The molecule has 0 bridgehead atoms. The molecule has 0 radical (unpaired) electrons. The average molecular weight is 1400 g/mol. The number of hydrogen-bond acceptors (Lipinski definition) is 18. The number of rotatable bonds is 17. The number of nitrogens with two attached hydrogens (primary N) is 6. The summed E-state index contributed by atoms with van der Waals surface area (Å²) in [5, 5.41) is 14.0. The number of aromatic nitrogens is 9. The van der Waals surface area contributed by atoms with Crippen molar-refractivity contribution in [1.29, 1.82) is 0 Å². The maximum atomic E-state index is 12.3. The Morgan fingerprint density at radius 3 is 1.25 bits per heavy atom. The van der Waals surface area contributed by atoms with Gasteiger partial charge in [-0.15, -0.1) is 0 Å². The first-order valence-electron chi connectivity index (χ1n) is 34.3. The molecule has 6 aliphatic rings. The fourth-order valence-electron chi connectivity index (χ4n) is 15.5. The van der Waals surface area contributed by atoms with Crippen LogP contribution in [0.15, 0.2) is 171 Å². The van der Waals surface area contributed by atoms with Crippen LogP contribution in [0, 0.1) is 28.1 Å². The van der Waals surface area contributed by atoms with Gasteiger partial charge in [-0.2, -0.15) is 15.3 Å². The number of ether oxygens (including phenoxy) is 3. The lowest BCUT2D eigenvalue weighted by molar-refractivity contribution is -0.132. The van der Waals surface area contributed by atoms with Crippen LogP contribution >= 0.6 is 0 Å². The molecule has 15 rings (SSSR count). The predicted molar refractivity (Wildman–Crippen MR) is 389 cm³/mol. The van der Waals surface area contributed by atoms with E-state index in [0.717, 1.165) is 77.3 Å². The van der Waals surface area contributed by atoms with Gasteiger partial charge in [0.25, 0.3) is 23.6 Å². The number of likely N-dealkylation sites (tertiary alicyclic amines) is 3. The zero-order chi connectivity index (χ0) is 73.0. The highest BCUT2D eigenvalue weighted by Gasteiger charge is 2.53. The van der Waals surface area contributed by atoms with Crippen molar-refractivity contribution in [3.05, 3.63) is 188 Å². The minimum atomic E-state index is -0.648. The van der Waals surface area contributed by atoms with Gasteiger partial charge in [0.15, 0.2) is 0 Å². The number of carbonyl (C=O) groups excluding carboxylic acids is 6. The minimum Gasteiger partial charge on any atom is -0.456 e. The van der Waals surface area contributed by atoms with Crippen molar-refractivity contribution in [2.45, 2.75) is 89.3 Å². The van der Waals surface area contributed by atoms with Crippen molar-refractivity contribution in [2.24, 2.45) is 33.4 Å². The Kier molecular flexibility index (Phi) is 19.6. The molecule has 532 valence electrons. The van der Waals surface area contributed by atoms with Crippen LogP contribution in [0.3, 0.4) is 0 Å². The standard InChI is InChI=1S/C26H28N6O3.C26H26N6O3.C25H26N6O3/c1-2-21(33)31-12-6-11-26(16-31)13-17(14-26)32-24(27)22(25(28)34)23(30-32)20-10-9-19(15-29-20)35-18-7-4-3-5-8-18;1-2-6-21(33)31-12-11-26(16-31)13-18(14-26)32-24(27)22(25(28)34)23(30-32)17-9-10-20(29-15-17)35-19-7-4-3-5-8-19;1-2-20(32)30-11-10-25(15-30)12-17(13-25)31-23(26)21(24(27)33)22(29-31)16-8-9-19(28-14-16)34-18-6-4-3-5-7-18/h2-5,7-10,15,17H,1,6,11-14,16,27H2,(H2,28,34);3-5,7-10,15,18H,11-14,16,27H2,1H3,(H2,28,34);2-9,14,17H,1,10-13,15,26H2,(H2,27,33). The van der Waals surface area contributed by atoms with Crippen molar-refractivity contribution in [3.63, 3.8) is 0 Å². The zero-order valence-corrected chi connectivity index (χ0v) is 57.5.